The molecule has 0 radical (unpaired) electrons. The monoisotopic (exact) mass is 559 g/mol. The van der Waals surface area contributed by atoms with Gasteiger partial charge in [-0.2, -0.15) is 5.10 Å². The Morgan fingerprint density at radius 2 is 1.76 bits per heavy atom. The van der Waals surface area contributed by atoms with Crippen LogP contribution in [-0.2, 0) is 29.4 Å². The molecule has 0 N–H and O–H groups in total. The molecule has 0 aliphatic carbocycles. The average Bonchev–Trinajstić information content (AvgIpc) is 3.23. The molecule has 3 aromatic rings. The van der Waals surface area contributed by atoms with E-state index in [9.17, 15) is 9.59 Å². The highest BCUT2D eigenvalue weighted by Crippen LogP contribution is 2.29. The van der Waals surface area contributed by atoms with Gasteiger partial charge in [0.1, 0.15) is 12.4 Å². The van der Waals surface area contributed by atoms with E-state index in [1.807, 2.05) is 54.7 Å². The second-order valence-corrected chi connectivity index (χ2v) is 11.0. The number of benzene rings is 2. The highest BCUT2D eigenvalue weighted by Gasteiger charge is 2.21. The van der Waals surface area contributed by atoms with Crippen molar-refractivity contribution in [1.82, 2.24) is 19.6 Å². The number of anilines is 1. The maximum absolute atomic E-state index is 13.5. The summed E-state index contributed by atoms with van der Waals surface area (Å²) < 4.78 is 13.8. The fourth-order valence-corrected chi connectivity index (χ4v) is 5.69. The van der Waals surface area contributed by atoms with Crippen LogP contribution in [0.5, 0.6) is 5.75 Å². The zero-order valence-corrected chi connectivity index (χ0v) is 24.7. The first-order valence-electron chi connectivity index (χ1n) is 14.5. The molecule has 1 saturated heterocycles. The molecule has 2 amide bonds. The first-order chi connectivity index (χ1) is 19.8. The number of fused-ring (bicyclic) bond motifs is 3. The molecule has 5 rings (SSSR count). The SMILES string of the molecule is Cc1nn(C)c(C)c1CCC(=O)N1CCOc2ccc(N3CCOCC3)cc2Cc2cccc(c2)C(=O)N(C)CC1. The van der Waals surface area contributed by atoms with Gasteiger partial charge in [-0.3, -0.25) is 14.3 Å². The van der Waals surface area contributed by atoms with Gasteiger partial charge in [0.25, 0.3) is 5.91 Å². The number of hydrogen-bond donors (Lipinski definition) is 0. The van der Waals surface area contributed by atoms with Crippen LogP contribution >= 0.6 is 0 Å². The second kappa shape index (κ2) is 12.8. The lowest BCUT2D eigenvalue weighted by Gasteiger charge is -2.30. The lowest BCUT2D eigenvalue weighted by molar-refractivity contribution is -0.131. The van der Waals surface area contributed by atoms with Crippen molar-refractivity contribution >= 4 is 17.5 Å². The van der Waals surface area contributed by atoms with Crippen molar-refractivity contribution in [3.05, 3.63) is 76.1 Å². The van der Waals surface area contributed by atoms with Gasteiger partial charge >= 0.3 is 0 Å². The van der Waals surface area contributed by atoms with E-state index in [0.717, 1.165) is 65.8 Å². The number of likely N-dealkylation sites (N-methyl/N-ethyl adjacent to an activating group) is 1. The molecule has 2 aliphatic rings. The smallest absolute Gasteiger partial charge is 0.253 e. The summed E-state index contributed by atoms with van der Waals surface area (Å²) in [5.74, 6) is 0.812. The Kier molecular flexibility index (Phi) is 8.93. The maximum Gasteiger partial charge on any atom is 0.253 e. The van der Waals surface area contributed by atoms with E-state index < -0.39 is 0 Å². The number of morpholine rings is 1. The fraction of sp³-hybridized carbons (Fsp3) is 0.469. The molecule has 2 aliphatic heterocycles. The molecule has 0 atom stereocenters. The van der Waals surface area contributed by atoms with E-state index in [2.05, 4.69) is 28.2 Å². The van der Waals surface area contributed by atoms with Crippen LogP contribution in [-0.4, -0.2) is 91.0 Å². The van der Waals surface area contributed by atoms with Crippen molar-refractivity contribution in [2.45, 2.75) is 33.1 Å². The Morgan fingerprint density at radius 1 is 0.951 bits per heavy atom. The maximum atomic E-state index is 13.5. The molecule has 218 valence electrons. The third kappa shape index (κ3) is 6.73. The Balaban J connectivity index is 1.38. The third-order valence-electron chi connectivity index (χ3n) is 8.26. The van der Waals surface area contributed by atoms with E-state index >= 15 is 0 Å². The van der Waals surface area contributed by atoms with E-state index in [4.69, 9.17) is 9.47 Å². The van der Waals surface area contributed by atoms with Crippen LogP contribution in [0.3, 0.4) is 0 Å². The largest absolute Gasteiger partial charge is 0.491 e. The van der Waals surface area contributed by atoms with E-state index in [1.165, 1.54) is 0 Å². The standard InChI is InChI=1S/C32H41N5O4/c1-23-29(24(2)35(4)33-23)9-11-31(38)37-13-12-34(3)32(39)26-7-5-6-25(20-26)21-27-22-28(36-14-17-40-18-15-36)8-10-30(27)41-19-16-37/h5-8,10,20,22H,9,11-19,21H2,1-4H3. The quantitative estimate of drug-likeness (QED) is 0.488. The normalized spacial score (nSPS) is 16.7. The van der Waals surface area contributed by atoms with Gasteiger partial charge in [0.05, 0.1) is 25.5 Å². The molecular weight excluding hydrogens is 518 g/mol. The van der Waals surface area contributed by atoms with Crippen LogP contribution in [0.25, 0.3) is 0 Å². The van der Waals surface area contributed by atoms with Crippen LogP contribution < -0.4 is 9.64 Å². The van der Waals surface area contributed by atoms with Crippen molar-refractivity contribution in [1.29, 1.82) is 0 Å². The summed E-state index contributed by atoms with van der Waals surface area (Å²) in [6.45, 7) is 8.87. The zero-order valence-electron chi connectivity index (χ0n) is 24.7. The van der Waals surface area contributed by atoms with Gasteiger partial charge in [-0.25, -0.2) is 0 Å². The van der Waals surface area contributed by atoms with Gasteiger partial charge < -0.3 is 24.2 Å². The summed E-state index contributed by atoms with van der Waals surface area (Å²) in [7, 11) is 3.72. The highest BCUT2D eigenvalue weighted by molar-refractivity contribution is 5.94. The number of hydrogen-bond acceptors (Lipinski definition) is 6. The Labute approximate surface area is 242 Å². The molecular formula is C32H41N5O4. The lowest BCUT2D eigenvalue weighted by Crippen LogP contribution is -2.41. The molecule has 9 nitrogen and oxygen atoms in total. The predicted octanol–water partition coefficient (Wildman–Crippen LogP) is 3.39. The van der Waals surface area contributed by atoms with Gasteiger partial charge in [0, 0.05) is 75.6 Å². The second-order valence-electron chi connectivity index (χ2n) is 11.0. The van der Waals surface area contributed by atoms with E-state index in [-0.39, 0.29) is 11.8 Å². The summed E-state index contributed by atoms with van der Waals surface area (Å²) in [5.41, 5.74) is 7.07. The number of rotatable bonds is 4. The van der Waals surface area contributed by atoms with Crippen molar-refractivity contribution in [3.8, 4) is 5.75 Å². The molecule has 3 heterocycles. The Hall–Kier alpha value is -3.85. The summed E-state index contributed by atoms with van der Waals surface area (Å²) in [4.78, 5) is 32.6. The number of aromatic nitrogens is 2. The minimum atomic E-state index is -0.0449. The minimum Gasteiger partial charge on any atom is -0.491 e. The summed E-state index contributed by atoms with van der Waals surface area (Å²) in [5, 5.41) is 4.49. The topological polar surface area (TPSA) is 80.1 Å². The van der Waals surface area contributed by atoms with Crippen molar-refractivity contribution in [2.24, 2.45) is 7.05 Å². The number of ether oxygens (including phenoxy) is 2. The molecule has 9 heteroatoms. The van der Waals surface area contributed by atoms with Crippen LogP contribution in [0, 0.1) is 13.8 Å². The number of aryl methyl sites for hydroxylation is 2. The minimum absolute atomic E-state index is 0.0449. The Morgan fingerprint density at radius 3 is 2.51 bits per heavy atom. The molecule has 1 fully saturated rings. The van der Waals surface area contributed by atoms with Crippen LogP contribution in [0.4, 0.5) is 5.69 Å². The fourth-order valence-electron chi connectivity index (χ4n) is 5.69. The molecule has 0 spiro atoms. The molecule has 0 saturated carbocycles. The van der Waals surface area contributed by atoms with Gasteiger partial charge in [0.15, 0.2) is 0 Å². The zero-order chi connectivity index (χ0) is 28.9. The first-order valence-corrected chi connectivity index (χ1v) is 14.5. The molecule has 2 bridgehead atoms. The molecule has 2 aromatic carbocycles. The van der Waals surface area contributed by atoms with Gasteiger partial charge in [0.2, 0.25) is 5.91 Å². The number of carbonyl (C=O) groups excluding carboxylic acids is 2. The molecule has 0 unspecified atom stereocenters. The van der Waals surface area contributed by atoms with Crippen molar-refractivity contribution in [2.75, 3.05) is 64.5 Å². The predicted molar refractivity (Wildman–Crippen MR) is 159 cm³/mol. The molecule has 41 heavy (non-hydrogen) atoms. The van der Waals surface area contributed by atoms with Crippen LogP contribution in [0.1, 0.15) is 44.9 Å². The third-order valence-corrected chi connectivity index (χ3v) is 8.26. The molecule has 1 aromatic heterocycles. The lowest BCUT2D eigenvalue weighted by atomic mass is 10.0. The average molecular weight is 560 g/mol. The van der Waals surface area contributed by atoms with Crippen molar-refractivity contribution in [3.63, 3.8) is 0 Å². The van der Waals surface area contributed by atoms with Crippen molar-refractivity contribution < 1.29 is 19.1 Å². The van der Waals surface area contributed by atoms with Crippen LogP contribution in [0.2, 0.25) is 0 Å². The summed E-state index contributed by atoms with van der Waals surface area (Å²) in [6, 6.07) is 14.1. The van der Waals surface area contributed by atoms with Gasteiger partial charge in [-0.15, -0.1) is 0 Å². The summed E-state index contributed by atoms with van der Waals surface area (Å²) >= 11 is 0. The number of amides is 2. The highest BCUT2D eigenvalue weighted by atomic mass is 16.5. The van der Waals surface area contributed by atoms with Gasteiger partial charge in [-0.05, 0) is 61.7 Å². The van der Waals surface area contributed by atoms with E-state index in [1.54, 1.807) is 11.9 Å². The van der Waals surface area contributed by atoms with Gasteiger partial charge in [-0.1, -0.05) is 12.1 Å². The Bertz CT molecular complexity index is 1390. The van der Waals surface area contributed by atoms with E-state index in [0.29, 0.717) is 51.1 Å². The first kappa shape index (κ1) is 28.7. The number of nitrogens with zero attached hydrogens (tertiary/aromatic N) is 5. The van der Waals surface area contributed by atoms with Crippen LogP contribution in [0.15, 0.2) is 42.5 Å². The number of carbonyl (C=O) groups is 2. The summed E-state index contributed by atoms with van der Waals surface area (Å²) in [6.07, 6.45) is 1.66.